The molecule has 2 aliphatic heterocycles. The Kier molecular flexibility index (Phi) is 6.14. The largest absolute Gasteiger partial charge is 0.494 e. The lowest BCUT2D eigenvalue weighted by molar-refractivity contribution is 0.0734. The number of sulfonamides is 1. The van der Waals surface area contributed by atoms with Crippen molar-refractivity contribution < 1.29 is 18.3 Å². The molecule has 0 bridgehead atoms. The maximum absolute atomic E-state index is 13.0. The highest BCUT2D eigenvalue weighted by Crippen LogP contribution is 2.43. The van der Waals surface area contributed by atoms with Crippen LogP contribution in [0.1, 0.15) is 17.5 Å². The fraction of sp³-hybridized carbons (Fsp3) is 0.381. The van der Waals surface area contributed by atoms with Crippen LogP contribution >= 0.6 is 23.4 Å². The van der Waals surface area contributed by atoms with Gasteiger partial charge < -0.3 is 9.84 Å². The molecular formula is C21H23ClN2O4S2. The van der Waals surface area contributed by atoms with Crippen LogP contribution in [-0.4, -0.2) is 59.4 Å². The summed E-state index contributed by atoms with van der Waals surface area (Å²) in [5, 5.41) is 11.4. The number of aliphatic imine (C=N–C) groups is 1. The molecule has 0 aliphatic carbocycles. The Morgan fingerprint density at radius 3 is 2.57 bits per heavy atom. The van der Waals surface area contributed by atoms with E-state index in [0.717, 1.165) is 23.3 Å². The zero-order valence-electron chi connectivity index (χ0n) is 16.5. The van der Waals surface area contributed by atoms with Crippen LogP contribution < -0.4 is 4.74 Å². The number of thioether (sulfide) groups is 1. The number of halogens is 1. The van der Waals surface area contributed by atoms with Gasteiger partial charge in [-0.25, -0.2) is 13.4 Å². The summed E-state index contributed by atoms with van der Waals surface area (Å²) in [5.74, 6) is 1.31. The van der Waals surface area contributed by atoms with Crippen molar-refractivity contribution in [3.05, 3.63) is 59.7 Å². The fourth-order valence-electron chi connectivity index (χ4n) is 3.45. The summed E-state index contributed by atoms with van der Waals surface area (Å²) in [7, 11) is -3.67. The van der Waals surface area contributed by atoms with E-state index in [4.69, 9.17) is 16.3 Å². The van der Waals surface area contributed by atoms with Crippen LogP contribution in [0.4, 0.5) is 0 Å². The highest BCUT2D eigenvalue weighted by molar-refractivity contribution is 8.15. The third-order valence-electron chi connectivity index (χ3n) is 5.15. The van der Waals surface area contributed by atoms with E-state index in [-0.39, 0.29) is 23.2 Å². The van der Waals surface area contributed by atoms with Crippen molar-refractivity contribution in [2.45, 2.75) is 29.2 Å². The number of alkyl halides is 1. The lowest BCUT2D eigenvalue weighted by Gasteiger charge is -2.19. The zero-order valence-corrected chi connectivity index (χ0v) is 18.9. The minimum Gasteiger partial charge on any atom is -0.494 e. The third-order valence-corrected chi connectivity index (χ3v) is 8.60. The Morgan fingerprint density at radius 1 is 1.23 bits per heavy atom. The van der Waals surface area contributed by atoms with E-state index in [2.05, 4.69) is 4.99 Å². The van der Waals surface area contributed by atoms with Gasteiger partial charge >= 0.3 is 0 Å². The minimum atomic E-state index is -3.67. The lowest BCUT2D eigenvalue weighted by Crippen LogP contribution is -2.36. The van der Waals surface area contributed by atoms with Crippen LogP contribution in [0.2, 0.25) is 0 Å². The SMILES string of the molecule is Cc1ccc(S(=O)(=O)N2CC3SC(c4ccc(OCCCCl)cc4)=NC3(O)C2)cc1. The topological polar surface area (TPSA) is 79.2 Å². The van der Waals surface area contributed by atoms with E-state index in [1.54, 1.807) is 24.3 Å². The number of ether oxygens (including phenoxy) is 1. The molecule has 0 radical (unpaired) electrons. The Labute approximate surface area is 186 Å². The summed E-state index contributed by atoms with van der Waals surface area (Å²) in [6, 6.07) is 14.3. The average Bonchev–Trinajstić information content (AvgIpc) is 3.21. The van der Waals surface area contributed by atoms with E-state index < -0.39 is 15.7 Å². The number of nitrogens with zero attached hydrogens (tertiary/aromatic N) is 2. The predicted octanol–water partition coefficient (Wildman–Crippen LogP) is 3.26. The molecule has 0 saturated carbocycles. The van der Waals surface area contributed by atoms with E-state index in [0.29, 0.717) is 17.5 Å². The average molecular weight is 467 g/mol. The second-order valence-electron chi connectivity index (χ2n) is 7.43. The monoisotopic (exact) mass is 466 g/mol. The van der Waals surface area contributed by atoms with Crippen molar-refractivity contribution >= 4 is 38.4 Å². The number of aliphatic hydroxyl groups is 1. The van der Waals surface area contributed by atoms with Crippen molar-refractivity contribution in [3.8, 4) is 5.75 Å². The highest BCUT2D eigenvalue weighted by atomic mass is 35.5. The number of rotatable bonds is 7. The van der Waals surface area contributed by atoms with Crippen molar-refractivity contribution in [1.82, 2.24) is 4.31 Å². The smallest absolute Gasteiger partial charge is 0.243 e. The van der Waals surface area contributed by atoms with Gasteiger partial charge in [0.15, 0.2) is 5.72 Å². The van der Waals surface area contributed by atoms with Gasteiger partial charge in [0.1, 0.15) is 10.8 Å². The van der Waals surface area contributed by atoms with Gasteiger partial charge in [-0.15, -0.1) is 11.6 Å². The molecule has 0 amide bonds. The zero-order chi connectivity index (χ0) is 21.4. The van der Waals surface area contributed by atoms with Crippen LogP contribution in [0.3, 0.4) is 0 Å². The van der Waals surface area contributed by atoms with Crippen molar-refractivity contribution in [1.29, 1.82) is 0 Å². The molecule has 2 heterocycles. The third kappa shape index (κ3) is 4.24. The molecule has 2 atom stereocenters. The normalized spacial score (nSPS) is 24.0. The first kappa shape index (κ1) is 21.6. The Balaban J connectivity index is 1.48. The van der Waals surface area contributed by atoms with Gasteiger partial charge in [-0.3, -0.25) is 0 Å². The minimum absolute atomic E-state index is 0.0516. The van der Waals surface area contributed by atoms with Crippen LogP contribution in [0, 0.1) is 6.92 Å². The molecule has 0 aromatic heterocycles. The molecule has 160 valence electrons. The van der Waals surface area contributed by atoms with Gasteiger partial charge in [-0.05, 0) is 49.7 Å². The molecule has 9 heteroatoms. The van der Waals surface area contributed by atoms with E-state index >= 15 is 0 Å². The number of benzene rings is 2. The van der Waals surface area contributed by atoms with Gasteiger partial charge in [0.2, 0.25) is 10.0 Å². The first-order chi connectivity index (χ1) is 14.3. The molecule has 30 heavy (non-hydrogen) atoms. The number of aryl methyl sites for hydroxylation is 1. The molecule has 2 aromatic rings. The Morgan fingerprint density at radius 2 is 1.93 bits per heavy atom. The lowest BCUT2D eigenvalue weighted by atomic mass is 10.2. The van der Waals surface area contributed by atoms with Crippen LogP contribution in [0.5, 0.6) is 5.75 Å². The predicted molar refractivity (Wildman–Crippen MR) is 120 cm³/mol. The molecule has 2 aromatic carbocycles. The molecule has 0 spiro atoms. The van der Waals surface area contributed by atoms with Crippen LogP contribution in [-0.2, 0) is 10.0 Å². The van der Waals surface area contributed by atoms with Gasteiger partial charge in [-0.2, -0.15) is 4.31 Å². The van der Waals surface area contributed by atoms with Gasteiger partial charge in [-0.1, -0.05) is 29.5 Å². The molecule has 6 nitrogen and oxygen atoms in total. The second-order valence-corrected chi connectivity index (χ2v) is 10.9. The highest BCUT2D eigenvalue weighted by Gasteiger charge is 2.53. The second kappa shape index (κ2) is 8.51. The molecule has 2 unspecified atom stereocenters. The molecule has 1 saturated heterocycles. The van der Waals surface area contributed by atoms with Crippen molar-refractivity contribution in [2.75, 3.05) is 25.6 Å². The fourth-order valence-corrected chi connectivity index (χ4v) is 6.46. The molecule has 1 fully saturated rings. The van der Waals surface area contributed by atoms with Gasteiger partial charge in [0, 0.05) is 18.0 Å². The summed E-state index contributed by atoms with van der Waals surface area (Å²) in [4.78, 5) is 4.73. The quantitative estimate of drug-likeness (QED) is 0.500. The van der Waals surface area contributed by atoms with Crippen LogP contribution in [0.25, 0.3) is 0 Å². The number of hydrogen-bond acceptors (Lipinski definition) is 6. The van der Waals surface area contributed by atoms with E-state index in [1.807, 2.05) is 31.2 Å². The summed E-state index contributed by atoms with van der Waals surface area (Å²) in [5.41, 5.74) is 0.444. The molecule has 1 N–H and O–H groups in total. The number of β-amino-alcohol motifs (C(OH)–C–C–N with tert-alkyl or cyclic N) is 1. The van der Waals surface area contributed by atoms with Crippen molar-refractivity contribution in [2.24, 2.45) is 4.99 Å². The molecule has 2 aliphatic rings. The summed E-state index contributed by atoms with van der Waals surface area (Å²) in [6.45, 7) is 2.63. The molecular weight excluding hydrogens is 444 g/mol. The van der Waals surface area contributed by atoms with E-state index in [1.165, 1.54) is 16.1 Å². The summed E-state index contributed by atoms with van der Waals surface area (Å²) < 4.78 is 32.8. The Hall–Kier alpha value is -1.58. The maximum atomic E-state index is 13.0. The Bertz CT molecular complexity index is 1040. The summed E-state index contributed by atoms with van der Waals surface area (Å²) >= 11 is 7.07. The van der Waals surface area contributed by atoms with Crippen molar-refractivity contribution in [3.63, 3.8) is 0 Å². The van der Waals surface area contributed by atoms with E-state index in [9.17, 15) is 13.5 Å². The molecule has 4 rings (SSSR count). The standard InChI is InChI=1S/C21H23ClN2O4S2/c1-15-3-9-18(10-4-15)30(26,27)24-13-19-21(25,14-24)23-20(29-19)16-5-7-17(8-6-16)28-12-2-11-22/h3-10,19,25H,2,11-14H2,1H3. The maximum Gasteiger partial charge on any atom is 0.243 e. The number of fused-ring (bicyclic) bond motifs is 1. The summed E-state index contributed by atoms with van der Waals surface area (Å²) in [6.07, 6.45) is 0.780. The first-order valence-corrected chi connectivity index (χ1v) is 12.5. The van der Waals surface area contributed by atoms with Gasteiger partial charge in [0.25, 0.3) is 0 Å². The van der Waals surface area contributed by atoms with Crippen LogP contribution in [0.15, 0.2) is 58.4 Å². The first-order valence-electron chi connectivity index (χ1n) is 9.67. The number of hydrogen-bond donors (Lipinski definition) is 1. The van der Waals surface area contributed by atoms with Gasteiger partial charge in [0.05, 0.1) is 23.3 Å².